The molecule has 2 unspecified atom stereocenters. The molecule has 0 fully saturated rings. The standard InChI is InChI=1S/C13H21N3O2S/c1-4-15-12-5-7-14-9-11(12)13(17)16-10(2)6-8-19(3)18/h5,7,9-10H,4,6,8H2,1-3H3,(H,14,15)(H,16,17). The van der Waals surface area contributed by atoms with Gasteiger partial charge in [0.2, 0.25) is 0 Å². The number of anilines is 1. The summed E-state index contributed by atoms with van der Waals surface area (Å²) in [5.41, 5.74) is 1.31. The lowest BCUT2D eigenvalue weighted by molar-refractivity contribution is 0.0940. The first-order chi connectivity index (χ1) is 9.04. The molecule has 0 bridgehead atoms. The lowest BCUT2D eigenvalue weighted by atomic mass is 10.2. The van der Waals surface area contributed by atoms with Crippen molar-refractivity contribution < 1.29 is 9.00 Å². The average Bonchev–Trinajstić information content (AvgIpc) is 2.37. The van der Waals surface area contributed by atoms with E-state index in [-0.39, 0.29) is 11.9 Å². The maximum Gasteiger partial charge on any atom is 0.255 e. The highest BCUT2D eigenvalue weighted by Gasteiger charge is 2.13. The summed E-state index contributed by atoms with van der Waals surface area (Å²) in [6.45, 7) is 4.63. The molecule has 1 rings (SSSR count). The Hall–Kier alpha value is -1.43. The predicted molar refractivity (Wildman–Crippen MR) is 78.9 cm³/mol. The van der Waals surface area contributed by atoms with Crippen LogP contribution in [-0.2, 0) is 10.8 Å². The van der Waals surface area contributed by atoms with Crippen LogP contribution < -0.4 is 10.6 Å². The van der Waals surface area contributed by atoms with E-state index >= 15 is 0 Å². The number of aromatic nitrogens is 1. The van der Waals surface area contributed by atoms with Crippen molar-refractivity contribution in [2.24, 2.45) is 0 Å². The summed E-state index contributed by atoms with van der Waals surface area (Å²) in [5, 5.41) is 6.03. The number of rotatable bonds is 7. The van der Waals surface area contributed by atoms with Gasteiger partial charge in [-0.05, 0) is 26.3 Å². The van der Waals surface area contributed by atoms with Crippen LogP contribution in [0.5, 0.6) is 0 Å². The summed E-state index contributed by atoms with van der Waals surface area (Å²) in [7, 11) is -0.829. The minimum atomic E-state index is -0.829. The Morgan fingerprint density at radius 3 is 2.89 bits per heavy atom. The van der Waals surface area contributed by atoms with Gasteiger partial charge in [0.15, 0.2) is 0 Å². The fourth-order valence-corrected chi connectivity index (χ4v) is 2.32. The molecule has 1 heterocycles. The minimum Gasteiger partial charge on any atom is -0.385 e. The zero-order valence-corrected chi connectivity index (χ0v) is 12.4. The van der Waals surface area contributed by atoms with Crippen molar-refractivity contribution in [3.63, 3.8) is 0 Å². The van der Waals surface area contributed by atoms with Crippen molar-refractivity contribution in [1.29, 1.82) is 0 Å². The van der Waals surface area contributed by atoms with E-state index < -0.39 is 10.8 Å². The fraction of sp³-hybridized carbons (Fsp3) is 0.538. The van der Waals surface area contributed by atoms with Gasteiger partial charge in [-0.1, -0.05) is 0 Å². The zero-order valence-electron chi connectivity index (χ0n) is 11.6. The molecule has 0 saturated heterocycles. The highest BCUT2D eigenvalue weighted by molar-refractivity contribution is 7.84. The average molecular weight is 283 g/mol. The lowest BCUT2D eigenvalue weighted by Gasteiger charge is -2.15. The zero-order chi connectivity index (χ0) is 14.3. The van der Waals surface area contributed by atoms with Gasteiger partial charge < -0.3 is 10.6 Å². The van der Waals surface area contributed by atoms with Crippen LogP contribution in [0.2, 0.25) is 0 Å². The van der Waals surface area contributed by atoms with Gasteiger partial charge in [-0.2, -0.15) is 0 Å². The van der Waals surface area contributed by atoms with E-state index in [9.17, 15) is 9.00 Å². The van der Waals surface area contributed by atoms with Gasteiger partial charge in [0, 0.05) is 47.8 Å². The van der Waals surface area contributed by atoms with Gasteiger partial charge in [-0.3, -0.25) is 14.0 Å². The number of nitrogens with one attached hydrogen (secondary N) is 2. The Morgan fingerprint density at radius 2 is 2.26 bits per heavy atom. The molecular formula is C13H21N3O2S. The summed E-state index contributed by atoms with van der Waals surface area (Å²) < 4.78 is 11.0. The normalized spacial score (nSPS) is 13.6. The first-order valence-electron chi connectivity index (χ1n) is 6.33. The largest absolute Gasteiger partial charge is 0.385 e. The second kappa shape index (κ2) is 7.89. The summed E-state index contributed by atoms with van der Waals surface area (Å²) in [4.78, 5) is 16.1. The van der Waals surface area contributed by atoms with Crippen LogP contribution in [0.4, 0.5) is 5.69 Å². The lowest BCUT2D eigenvalue weighted by Crippen LogP contribution is -2.34. The molecule has 0 spiro atoms. The van der Waals surface area contributed by atoms with E-state index in [4.69, 9.17) is 0 Å². The van der Waals surface area contributed by atoms with E-state index in [1.54, 1.807) is 24.7 Å². The highest BCUT2D eigenvalue weighted by Crippen LogP contribution is 2.13. The molecule has 0 saturated carbocycles. The molecule has 1 aromatic rings. The number of amides is 1. The molecule has 0 aliphatic rings. The van der Waals surface area contributed by atoms with Gasteiger partial charge in [-0.15, -0.1) is 0 Å². The Kier molecular flexibility index (Phi) is 6.49. The van der Waals surface area contributed by atoms with E-state index in [1.165, 1.54) is 0 Å². The number of carbonyl (C=O) groups is 1. The maximum absolute atomic E-state index is 12.1. The summed E-state index contributed by atoms with van der Waals surface area (Å²) in [6.07, 6.45) is 5.57. The van der Waals surface area contributed by atoms with Crippen molar-refractivity contribution in [1.82, 2.24) is 10.3 Å². The van der Waals surface area contributed by atoms with Crippen LogP contribution in [0.3, 0.4) is 0 Å². The molecule has 2 N–H and O–H groups in total. The van der Waals surface area contributed by atoms with Crippen molar-refractivity contribution in [3.05, 3.63) is 24.0 Å². The number of hydrogen-bond acceptors (Lipinski definition) is 4. The Balaban J connectivity index is 2.64. The number of hydrogen-bond donors (Lipinski definition) is 2. The van der Waals surface area contributed by atoms with Crippen LogP contribution >= 0.6 is 0 Å². The Morgan fingerprint density at radius 1 is 1.53 bits per heavy atom. The second-order valence-electron chi connectivity index (χ2n) is 4.39. The molecule has 1 amide bonds. The number of carbonyl (C=O) groups excluding carboxylic acids is 1. The second-order valence-corrected chi connectivity index (χ2v) is 5.95. The van der Waals surface area contributed by atoms with Gasteiger partial charge in [0.1, 0.15) is 0 Å². The molecule has 0 aliphatic heterocycles. The SMILES string of the molecule is CCNc1ccncc1C(=O)NC(C)CCS(C)=O. The third kappa shape index (κ3) is 5.38. The van der Waals surface area contributed by atoms with E-state index in [0.29, 0.717) is 17.7 Å². The van der Waals surface area contributed by atoms with E-state index in [0.717, 1.165) is 12.2 Å². The third-order valence-electron chi connectivity index (χ3n) is 2.65. The predicted octanol–water partition coefficient (Wildman–Crippen LogP) is 1.40. The van der Waals surface area contributed by atoms with Gasteiger partial charge in [0.05, 0.1) is 11.3 Å². The molecule has 106 valence electrons. The van der Waals surface area contributed by atoms with Crippen molar-refractivity contribution in [2.75, 3.05) is 23.9 Å². The smallest absolute Gasteiger partial charge is 0.255 e. The summed E-state index contributed by atoms with van der Waals surface area (Å²) in [5.74, 6) is 0.438. The fourth-order valence-electron chi connectivity index (χ4n) is 1.64. The molecule has 5 nitrogen and oxygen atoms in total. The van der Waals surface area contributed by atoms with Gasteiger partial charge in [-0.25, -0.2) is 0 Å². The van der Waals surface area contributed by atoms with Crippen LogP contribution in [0.15, 0.2) is 18.5 Å². The third-order valence-corrected chi connectivity index (χ3v) is 3.46. The Labute approximate surface area is 116 Å². The molecule has 0 aromatic carbocycles. The number of pyridine rings is 1. The highest BCUT2D eigenvalue weighted by atomic mass is 32.2. The van der Waals surface area contributed by atoms with E-state index in [2.05, 4.69) is 15.6 Å². The van der Waals surface area contributed by atoms with Crippen molar-refractivity contribution in [2.45, 2.75) is 26.3 Å². The molecular weight excluding hydrogens is 262 g/mol. The summed E-state index contributed by atoms with van der Waals surface area (Å²) >= 11 is 0. The Bertz CT molecular complexity index is 451. The topological polar surface area (TPSA) is 71.1 Å². The maximum atomic E-state index is 12.1. The van der Waals surface area contributed by atoms with Crippen LogP contribution in [0, 0.1) is 0 Å². The first kappa shape index (κ1) is 15.6. The molecule has 2 atom stereocenters. The number of nitrogens with zero attached hydrogens (tertiary/aromatic N) is 1. The summed E-state index contributed by atoms with van der Waals surface area (Å²) in [6, 6.07) is 1.77. The molecule has 19 heavy (non-hydrogen) atoms. The van der Waals surface area contributed by atoms with Crippen LogP contribution in [0.25, 0.3) is 0 Å². The van der Waals surface area contributed by atoms with Crippen LogP contribution in [-0.4, -0.2) is 39.7 Å². The monoisotopic (exact) mass is 283 g/mol. The van der Waals surface area contributed by atoms with Crippen molar-refractivity contribution in [3.8, 4) is 0 Å². The van der Waals surface area contributed by atoms with Crippen molar-refractivity contribution >= 4 is 22.4 Å². The van der Waals surface area contributed by atoms with Gasteiger partial charge >= 0.3 is 0 Å². The van der Waals surface area contributed by atoms with Gasteiger partial charge in [0.25, 0.3) is 5.91 Å². The van der Waals surface area contributed by atoms with E-state index in [1.807, 2.05) is 13.8 Å². The van der Waals surface area contributed by atoms with Crippen LogP contribution in [0.1, 0.15) is 30.6 Å². The first-order valence-corrected chi connectivity index (χ1v) is 8.06. The molecule has 1 aromatic heterocycles. The molecule has 0 aliphatic carbocycles. The quantitative estimate of drug-likeness (QED) is 0.793. The molecule has 0 radical (unpaired) electrons. The molecule has 6 heteroatoms. The minimum absolute atomic E-state index is 0.00826.